The van der Waals surface area contributed by atoms with E-state index in [1.165, 1.54) is 5.56 Å². The van der Waals surface area contributed by atoms with E-state index in [1.807, 2.05) is 0 Å². The van der Waals surface area contributed by atoms with Crippen molar-refractivity contribution >= 4 is 27.5 Å². The van der Waals surface area contributed by atoms with Gasteiger partial charge in [-0.15, -0.1) is 0 Å². The minimum atomic E-state index is -0.0744. The van der Waals surface area contributed by atoms with Crippen molar-refractivity contribution in [1.29, 1.82) is 0 Å². The van der Waals surface area contributed by atoms with Crippen LogP contribution < -0.4 is 15.5 Å². The van der Waals surface area contributed by atoms with Crippen LogP contribution in [0.15, 0.2) is 22.7 Å². The first-order chi connectivity index (χ1) is 10.0. The monoisotopic (exact) mass is 353 g/mol. The fourth-order valence-electron chi connectivity index (χ4n) is 2.62. The van der Waals surface area contributed by atoms with Crippen LogP contribution in [0.5, 0.6) is 0 Å². The van der Waals surface area contributed by atoms with Gasteiger partial charge in [-0.3, -0.25) is 4.79 Å². The van der Waals surface area contributed by atoms with Gasteiger partial charge in [0.25, 0.3) is 0 Å². The SMILES string of the molecule is CCC1C(=O)NCCN1c1ccc(CNC(C)C)cc1Br. The molecule has 5 heteroatoms. The lowest BCUT2D eigenvalue weighted by atomic mass is 10.1. The minimum absolute atomic E-state index is 0.0744. The van der Waals surface area contributed by atoms with Crippen LogP contribution in [0.1, 0.15) is 32.8 Å². The average molecular weight is 354 g/mol. The largest absolute Gasteiger partial charge is 0.357 e. The van der Waals surface area contributed by atoms with Gasteiger partial charge < -0.3 is 15.5 Å². The number of nitrogens with zero attached hydrogens (tertiary/aromatic N) is 1. The minimum Gasteiger partial charge on any atom is -0.357 e. The molecule has 0 bridgehead atoms. The van der Waals surface area contributed by atoms with Crippen LogP contribution in [-0.4, -0.2) is 31.1 Å². The van der Waals surface area contributed by atoms with Crippen LogP contribution in [-0.2, 0) is 11.3 Å². The zero-order valence-corrected chi connectivity index (χ0v) is 14.5. The molecular weight excluding hydrogens is 330 g/mol. The zero-order valence-electron chi connectivity index (χ0n) is 12.9. The predicted octanol–water partition coefficient (Wildman–Crippen LogP) is 2.66. The molecule has 1 aliphatic heterocycles. The Hall–Kier alpha value is -1.07. The van der Waals surface area contributed by atoms with Crippen LogP contribution in [0.4, 0.5) is 5.69 Å². The summed E-state index contributed by atoms with van der Waals surface area (Å²) >= 11 is 3.67. The number of benzene rings is 1. The number of hydrogen-bond donors (Lipinski definition) is 2. The van der Waals surface area contributed by atoms with Gasteiger partial charge in [0.05, 0.1) is 5.69 Å². The van der Waals surface area contributed by atoms with Crippen LogP contribution in [0.3, 0.4) is 0 Å². The van der Waals surface area contributed by atoms with E-state index in [-0.39, 0.29) is 11.9 Å². The van der Waals surface area contributed by atoms with Gasteiger partial charge in [-0.2, -0.15) is 0 Å². The lowest BCUT2D eigenvalue weighted by Crippen LogP contribution is -2.55. The molecule has 1 fully saturated rings. The molecule has 2 rings (SSSR count). The van der Waals surface area contributed by atoms with Gasteiger partial charge in [-0.1, -0.05) is 26.8 Å². The number of halogens is 1. The maximum Gasteiger partial charge on any atom is 0.242 e. The second kappa shape index (κ2) is 7.27. The molecule has 0 aromatic heterocycles. The lowest BCUT2D eigenvalue weighted by Gasteiger charge is -2.37. The van der Waals surface area contributed by atoms with Crippen molar-refractivity contribution in [2.45, 2.75) is 45.8 Å². The number of rotatable bonds is 5. The Kier molecular flexibility index (Phi) is 5.65. The predicted molar refractivity (Wildman–Crippen MR) is 90.6 cm³/mol. The highest BCUT2D eigenvalue weighted by atomic mass is 79.9. The van der Waals surface area contributed by atoms with E-state index in [4.69, 9.17) is 0 Å². The lowest BCUT2D eigenvalue weighted by molar-refractivity contribution is -0.123. The normalized spacial score (nSPS) is 19.0. The van der Waals surface area contributed by atoms with Crippen molar-refractivity contribution in [2.24, 2.45) is 0 Å². The summed E-state index contributed by atoms with van der Waals surface area (Å²) in [4.78, 5) is 14.2. The molecule has 2 N–H and O–H groups in total. The number of amides is 1. The van der Waals surface area contributed by atoms with E-state index in [1.54, 1.807) is 0 Å². The summed E-state index contributed by atoms with van der Waals surface area (Å²) in [6.45, 7) is 8.75. The quantitative estimate of drug-likeness (QED) is 0.855. The summed E-state index contributed by atoms with van der Waals surface area (Å²) in [5.41, 5.74) is 2.35. The molecule has 1 aromatic carbocycles. The van der Waals surface area contributed by atoms with Crippen molar-refractivity contribution in [3.63, 3.8) is 0 Å². The Morgan fingerprint density at radius 1 is 1.48 bits per heavy atom. The third-order valence-corrected chi connectivity index (χ3v) is 4.39. The Balaban J connectivity index is 2.17. The van der Waals surface area contributed by atoms with E-state index in [0.717, 1.165) is 29.7 Å². The van der Waals surface area contributed by atoms with E-state index < -0.39 is 0 Å². The van der Waals surface area contributed by atoms with Crippen LogP contribution in [0, 0.1) is 0 Å². The summed E-state index contributed by atoms with van der Waals surface area (Å²) in [6.07, 6.45) is 0.814. The summed E-state index contributed by atoms with van der Waals surface area (Å²) in [6, 6.07) is 6.79. The first-order valence-electron chi connectivity index (χ1n) is 7.59. The molecule has 1 atom stereocenters. The molecule has 0 spiro atoms. The highest BCUT2D eigenvalue weighted by molar-refractivity contribution is 9.10. The first kappa shape index (κ1) is 16.3. The number of hydrogen-bond acceptors (Lipinski definition) is 3. The molecule has 1 aliphatic rings. The molecular formula is C16H24BrN3O. The zero-order chi connectivity index (χ0) is 15.4. The van der Waals surface area contributed by atoms with Crippen molar-refractivity contribution < 1.29 is 4.79 Å². The molecule has 1 heterocycles. The summed E-state index contributed by atoms with van der Waals surface area (Å²) in [5, 5.41) is 6.36. The van der Waals surface area contributed by atoms with Crippen molar-refractivity contribution in [3.8, 4) is 0 Å². The summed E-state index contributed by atoms with van der Waals surface area (Å²) in [7, 11) is 0. The summed E-state index contributed by atoms with van der Waals surface area (Å²) < 4.78 is 1.05. The van der Waals surface area contributed by atoms with Gasteiger partial charge in [0.15, 0.2) is 0 Å². The van der Waals surface area contributed by atoms with Crippen molar-refractivity contribution in [3.05, 3.63) is 28.2 Å². The molecule has 0 radical (unpaired) electrons. The molecule has 1 saturated heterocycles. The molecule has 0 saturated carbocycles. The fraction of sp³-hybridized carbons (Fsp3) is 0.562. The van der Waals surface area contributed by atoms with E-state index >= 15 is 0 Å². The maximum atomic E-state index is 12.0. The maximum absolute atomic E-state index is 12.0. The van der Waals surface area contributed by atoms with Gasteiger partial charge in [0, 0.05) is 30.1 Å². The van der Waals surface area contributed by atoms with Crippen LogP contribution in [0.2, 0.25) is 0 Å². The third-order valence-electron chi connectivity index (χ3n) is 3.75. The molecule has 1 amide bonds. The number of carbonyl (C=O) groups excluding carboxylic acids is 1. The van der Waals surface area contributed by atoms with Gasteiger partial charge in [0.2, 0.25) is 5.91 Å². The van der Waals surface area contributed by atoms with Gasteiger partial charge in [0.1, 0.15) is 6.04 Å². The molecule has 1 aromatic rings. The van der Waals surface area contributed by atoms with Gasteiger partial charge in [-0.25, -0.2) is 0 Å². The Bertz CT molecular complexity index is 504. The Labute approximate surface area is 135 Å². The second-order valence-corrected chi connectivity index (χ2v) is 6.58. The Morgan fingerprint density at radius 3 is 2.86 bits per heavy atom. The molecule has 1 unspecified atom stereocenters. The first-order valence-corrected chi connectivity index (χ1v) is 8.38. The number of piperazine rings is 1. The van der Waals surface area contributed by atoms with Crippen molar-refractivity contribution in [1.82, 2.24) is 10.6 Å². The highest BCUT2D eigenvalue weighted by Crippen LogP contribution is 2.30. The van der Waals surface area contributed by atoms with E-state index in [9.17, 15) is 4.79 Å². The molecule has 21 heavy (non-hydrogen) atoms. The van der Waals surface area contributed by atoms with Crippen molar-refractivity contribution in [2.75, 3.05) is 18.0 Å². The highest BCUT2D eigenvalue weighted by Gasteiger charge is 2.29. The Morgan fingerprint density at radius 2 is 2.24 bits per heavy atom. The number of carbonyl (C=O) groups is 1. The van der Waals surface area contributed by atoms with Crippen LogP contribution in [0.25, 0.3) is 0 Å². The topological polar surface area (TPSA) is 44.4 Å². The fourth-order valence-corrected chi connectivity index (χ4v) is 3.28. The molecule has 0 aliphatic carbocycles. The smallest absolute Gasteiger partial charge is 0.242 e. The average Bonchev–Trinajstić information content (AvgIpc) is 2.45. The standard InChI is InChI=1S/C16H24BrN3O/c1-4-14-16(21)18-7-8-20(14)15-6-5-12(9-13(15)17)10-19-11(2)3/h5-6,9,11,14,19H,4,7-8,10H2,1-3H3,(H,18,21). The number of anilines is 1. The number of nitrogens with one attached hydrogen (secondary N) is 2. The van der Waals surface area contributed by atoms with E-state index in [2.05, 4.69) is 70.4 Å². The molecule has 4 nitrogen and oxygen atoms in total. The van der Waals surface area contributed by atoms with Gasteiger partial charge >= 0.3 is 0 Å². The van der Waals surface area contributed by atoms with Crippen LogP contribution >= 0.6 is 15.9 Å². The van der Waals surface area contributed by atoms with Gasteiger partial charge in [-0.05, 0) is 40.0 Å². The van der Waals surface area contributed by atoms with E-state index in [0.29, 0.717) is 12.6 Å². The third kappa shape index (κ3) is 3.98. The second-order valence-electron chi connectivity index (χ2n) is 5.73. The molecule has 116 valence electrons. The summed E-state index contributed by atoms with van der Waals surface area (Å²) in [5.74, 6) is 0.126.